The third kappa shape index (κ3) is 2.78. The molecular formula is C13H15F2N3O. The molecule has 1 aromatic carbocycles. The van der Waals surface area contributed by atoms with Crippen molar-refractivity contribution in [2.45, 2.75) is 26.3 Å². The Morgan fingerprint density at radius 1 is 1.26 bits per heavy atom. The summed E-state index contributed by atoms with van der Waals surface area (Å²) in [5.41, 5.74) is -0.0975. The molecule has 1 N–H and O–H groups in total. The summed E-state index contributed by atoms with van der Waals surface area (Å²) in [4.78, 5) is 4.21. The molecule has 0 bridgehead atoms. The number of nitrogens with one attached hydrogen (secondary N) is 1. The third-order valence-corrected chi connectivity index (χ3v) is 2.76. The fourth-order valence-electron chi connectivity index (χ4n) is 1.75. The Morgan fingerprint density at radius 2 is 2.00 bits per heavy atom. The molecule has 0 amide bonds. The standard InChI is InChI=1S/C13H15F2N3O/c1-4-16-13(2,3)12-17-11(18-19-12)8-5-6-9(14)10(15)7-8/h5-7,16H,4H2,1-3H3. The number of rotatable bonds is 4. The fraction of sp³-hybridized carbons (Fsp3) is 0.385. The molecule has 0 saturated carbocycles. The number of hydrogen-bond donors (Lipinski definition) is 1. The smallest absolute Gasteiger partial charge is 0.246 e. The lowest BCUT2D eigenvalue weighted by Crippen LogP contribution is -2.36. The summed E-state index contributed by atoms with van der Waals surface area (Å²) in [7, 11) is 0. The highest BCUT2D eigenvalue weighted by Gasteiger charge is 2.26. The second-order valence-electron chi connectivity index (χ2n) is 4.71. The second kappa shape index (κ2) is 5.05. The number of nitrogens with zero attached hydrogens (tertiary/aromatic N) is 2. The normalized spacial score (nSPS) is 11.8. The van der Waals surface area contributed by atoms with Gasteiger partial charge >= 0.3 is 0 Å². The van der Waals surface area contributed by atoms with E-state index in [-0.39, 0.29) is 5.82 Å². The van der Waals surface area contributed by atoms with E-state index in [0.717, 1.165) is 18.7 Å². The topological polar surface area (TPSA) is 51.0 Å². The van der Waals surface area contributed by atoms with Gasteiger partial charge in [-0.3, -0.25) is 0 Å². The molecule has 0 aliphatic carbocycles. The van der Waals surface area contributed by atoms with Gasteiger partial charge in [0.25, 0.3) is 0 Å². The van der Waals surface area contributed by atoms with Crippen LogP contribution in [0.2, 0.25) is 0 Å². The molecule has 0 aliphatic heterocycles. The van der Waals surface area contributed by atoms with E-state index in [1.807, 2.05) is 20.8 Å². The zero-order valence-electron chi connectivity index (χ0n) is 11.0. The zero-order valence-corrected chi connectivity index (χ0v) is 11.0. The van der Waals surface area contributed by atoms with Gasteiger partial charge in [-0.1, -0.05) is 12.1 Å². The predicted molar refractivity (Wildman–Crippen MR) is 66.4 cm³/mol. The first-order valence-corrected chi connectivity index (χ1v) is 5.98. The minimum absolute atomic E-state index is 0.236. The van der Waals surface area contributed by atoms with E-state index in [4.69, 9.17) is 4.52 Å². The molecule has 0 atom stereocenters. The highest BCUT2D eigenvalue weighted by molar-refractivity contribution is 5.54. The van der Waals surface area contributed by atoms with Crippen LogP contribution < -0.4 is 5.32 Å². The molecule has 2 aromatic rings. The average Bonchev–Trinajstić information content (AvgIpc) is 2.83. The van der Waals surface area contributed by atoms with E-state index in [1.165, 1.54) is 6.07 Å². The summed E-state index contributed by atoms with van der Waals surface area (Å²) in [5, 5.41) is 6.98. The minimum atomic E-state index is -0.935. The van der Waals surface area contributed by atoms with Crippen LogP contribution in [0.15, 0.2) is 22.7 Å². The van der Waals surface area contributed by atoms with Crippen molar-refractivity contribution in [3.63, 3.8) is 0 Å². The van der Waals surface area contributed by atoms with E-state index in [0.29, 0.717) is 11.5 Å². The summed E-state index contributed by atoms with van der Waals surface area (Å²) in [6.07, 6.45) is 0. The van der Waals surface area contributed by atoms with Crippen molar-refractivity contribution in [3.05, 3.63) is 35.7 Å². The van der Waals surface area contributed by atoms with Gasteiger partial charge in [0.15, 0.2) is 11.6 Å². The molecule has 0 saturated heterocycles. The Morgan fingerprint density at radius 3 is 2.63 bits per heavy atom. The molecule has 0 aliphatic rings. The Balaban J connectivity index is 2.33. The van der Waals surface area contributed by atoms with Gasteiger partial charge < -0.3 is 9.84 Å². The summed E-state index contributed by atoms with van der Waals surface area (Å²) in [6, 6.07) is 3.49. The molecule has 4 nitrogen and oxygen atoms in total. The summed E-state index contributed by atoms with van der Waals surface area (Å²) in [6.45, 7) is 6.52. The van der Waals surface area contributed by atoms with Crippen molar-refractivity contribution in [2.75, 3.05) is 6.54 Å². The summed E-state index contributed by atoms with van der Waals surface area (Å²) < 4.78 is 31.2. The largest absolute Gasteiger partial charge is 0.337 e. The van der Waals surface area contributed by atoms with Crippen molar-refractivity contribution in [2.24, 2.45) is 0 Å². The molecular weight excluding hydrogens is 252 g/mol. The molecule has 19 heavy (non-hydrogen) atoms. The Bertz CT molecular complexity index is 581. The van der Waals surface area contributed by atoms with Gasteiger partial charge in [-0.05, 0) is 38.6 Å². The van der Waals surface area contributed by atoms with E-state index >= 15 is 0 Å². The molecule has 0 unspecified atom stereocenters. The van der Waals surface area contributed by atoms with Crippen LogP contribution in [-0.2, 0) is 5.54 Å². The van der Waals surface area contributed by atoms with Crippen LogP contribution in [-0.4, -0.2) is 16.7 Å². The molecule has 1 heterocycles. The summed E-state index contributed by atoms with van der Waals surface area (Å²) in [5.74, 6) is -1.20. The fourth-order valence-corrected chi connectivity index (χ4v) is 1.75. The maximum atomic E-state index is 13.2. The first-order chi connectivity index (χ1) is 8.94. The second-order valence-corrected chi connectivity index (χ2v) is 4.71. The molecule has 1 aromatic heterocycles. The van der Waals surface area contributed by atoms with Crippen molar-refractivity contribution >= 4 is 0 Å². The maximum Gasteiger partial charge on any atom is 0.246 e. The number of halogens is 2. The van der Waals surface area contributed by atoms with E-state index in [1.54, 1.807) is 0 Å². The summed E-state index contributed by atoms with van der Waals surface area (Å²) >= 11 is 0. The number of aromatic nitrogens is 2. The van der Waals surface area contributed by atoms with Crippen LogP contribution in [0.25, 0.3) is 11.4 Å². The van der Waals surface area contributed by atoms with Crippen LogP contribution in [0.3, 0.4) is 0 Å². The SMILES string of the molecule is CCNC(C)(C)c1nc(-c2ccc(F)c(F)c2)no1. The van der Waals surface area contributed by atoms with E-state index < -0.39 is 17.2 Å². The average molecular weight is 267 g/mol. The maximum absolute atomic E-state index is 13.2. The van der Waals surface area contributed by atoms with Gasteiger partial charge in [0, 0.05) is 5.56 Å². The molecule has 6 heteroatoms. The molecule has 0 spiro atoms. The highest BCUT2D eigenvalue weighted by Crippen LogP contribution is 2.23. The van der Waals surface area contributed by atoms with Crippen molar-refractivity contribution < 1.29 is 13.3 Å². The van der Waals surface area contributed by atoms with Gasteiger partial charge in [-0.25, -0.2) is 8.78 Å². The third-order valence-electron chi connectivity index (χ3n) is 2.76. The highest BCUT2D eigenvalue weighted by atomic mass is 19.2. The van der Waals surface area contributed by atoms with Gasteiger partial charge in [0.05, 0.1) is 5.54 Å². The lowest BCUT2D eigenvalue weighted by Gasteiger charge is -2.20. The van der Waals surface area contributed by atoms with Crippen molar-refractivity contribution in [3.8, 4) is 11.4 Å². The van der Waals surface area contributed by atoms with E-state index in [2.05, 4.69) is 15.5 Å². The van der Waals surface area contributed by atoms with Gasteiger partial charge in [0.1, 0.15) is 0 Å². The minimum Gasteiger partial charge on any atom is -0.337 e. The lowest BCUT2D eigenvalue weighted by molar-refractivity contribution is 0.272. The monoisotopic (exact) mass is 267 g/mol. The first kappa shape index (κ1) is 13.6. The van der Waals surface area contributed by atoms with Gasteiger partial charge in [0.2, 0.25) is 11.7 Å². The Kier molecular flexibility index (Phi) is 3.61. The number of hydrogen-bond acceptors (Lipinski definition) is 4. The molecule has 102 valence electrons. The Labute approximate surface area is 109 Å². The van der Waals surface area contributed by atoms with Crippen molar-refractivity contribution in [1.29, 1.82) is 0 Å². The van der Waals surface area contributed by atoms with Crippen LogP contribution in [0.5, 0.6) is 0 Å². The van der Waals surface area contributed by atoms with Crippen LogP contribution in [0, 0.1) is 11.6 Å². The van der Waals surface area contributed by atoms with E-state index in [9.17, 15) is 8.78 Å². The lowest BCUT2D eigenvalue weighted by atomic mass is 10.1. The predicted octanol–water partition coefficient (Wildman–Crippen LogP) is 2.86. The first-order valence-electron chi connectivity index (χ1n) is 5.98. The van der Waals surface area contributed by atoms with Crippen LogP contribution in [0.4, 0.5) is 8.78 Å². The molecule has 0 fully saturated rings. The zero-order chi connectivity index (χ0) is 14.0. The Hall–Kier alpha value is -1.82. The molecule has 2 rings (SSSR count). The quantitative estimate of drug-likeness (QED) is 0.925. The van der Waals surface area contributed by atoms with Crippen LogP contribution in [0.1, 0.15) is 26.7 Å². The van der Waals surface area contributed by atoms with Crippen LogP contribution >= 0.6 is 0 Å². The van der Waals surface area contributed by atoms with Gasteiger partial charge in [-0.2, -0.15) is 4.98 Å². The van der Waals surface area contributed by atoms with Gasteiger partial charge in [-0.15, -0.1) is 0 Å². The van der Waals surface area contributed by atoms with Crippen molar-refractivity contribution in [1.82, 2.24) is 15.5 Å². The number of benzene rings is 1. The molecule has 0 radical (unpaired) electrons.